The lowest BCUT2D eigenvalue weighted by Gasteiger charge is -2.65. The summed E-state index contributed by atoms with van der Waals surface area (Å²) in [6.07, 6.45) is -6.59. The first kappa shape index (κ1) is 36.5. The van der Waals surface area contributed by atoms with Gasteiger partial charge in [0, 0.05) is 5.92 Å². The zero-order valence-corrected chi connectivity index (χ0v) is 30.0. The Labute approximate surface area is 294 Å². The molecule has 0 aromatic carbocycles. The Hall–Kier alpha value is -0.520. The van der Waals surface area contributed by atoms with E-state index in [9.17, 15) is 40.9 Å². The minimum Gasteiger partial charge on any atom is -0.394 e. The van der Waals surface area contributed by atoms with E-state index in [1.165, 1.54) is 0 Å². The number of hydrogen-bond donors (Lipinski definition) is 8. The monoisotopic (exact) mass is 712 g/mol. The molecule has 13 heteroatoms. The van der Waals surface area contributed by atoms with Crippen molar-refractivity contribution in [2.24, 2.45) is 50.7 Å². The molecule has 3 saturated heterocycles. The number of hydrogen-bond acceptors (Lipinski definition) is 13. The Balaban J connectivity index is 1.15. The number of aliphatic hydroxyl groups excluding tert-OH is 8. The number of rotatable bonds is 5. The van der Waals surface area contributed by atoms with E-state index in [0.29, 0.717) is 6.42 Å². The van der Waals surface area contributed by atoms with E-state index in [0.717, 1.165) is 44.9 Å². The smallest absolute Gasteiger partial charge is 0.186 e. The number of fused-ring (bicyclic) bond motifs is 4. The Morgan fingerprint density at radius 2 is 1.46 bits per heavy atom. The molecule has 0 bridgehead atoms. The highest BCUT2D eigenvalue weighted by Gasteiger charge is 2.85. The molecule has 0 radical (unpaired) electrons. The third-order valence-electron chi connectivity index (χ3n) is 16.5. The first-order valence-electron chi connectivity index (χ1n) is 19.1. The molecule has 5 saturated carbocycles. The van der Waals surface area contributed by atoms with Gasteiger partial charge in [-0.1, -0.05) is 34.6 Å². The summed E-state index contributed by atoms with van der Waals surface area (Å²) in [6.45, 7) is 10.5. The molecule has 286 valence electrons. The van der Waals surface area contributed by atoms with Crippen LogP contribution in [-0.2, 0) is 23.7 Å². The molecule has 0 amide bonds. The van der Waals surface area contributed by atoms with Gasteiger partial charge in [-0.25, -0.2) is 0 Å². The van der Waals surface area contributed by atoms with E-state index >= 15 is 0 Å². The zero-order valence-electron chi connectivity index (χ0n) is 30.0. The standard InChI is InChI=1S/C37H60O13/c1-16-10-17-20(47-30(16)45)12-35(5)29-19(48-32-28(44)26(42)25(41)21(13-38)49-32)11-22-33(2,3)23(50-31-27(43)24(40)18(39)14-46-31)6-7-36(22)15-37(29,36)9-8-34(17,35)4/h16-32,38-45H,6-15H2,1-5H3/t16?,17?,18-,19?,20?,21-,22?,23?,24+,25-,26+,27-,28-,29?,30?,31+,32-,34-,35?,36+,37-/m1/s1. The molecule has 9 unspecified atom stereocenters. The van der Waals surface area contributed by atoms with Crippen molar-refractivity contribution >= 4 is 0 Å². The van der Waals surface area contributed by atoms with Crippen LogP contribution in [0.2, 0.25) is 0 Å². The summed E-state index contributed by atoms with van der Waals surface area (Å²) in [6, 6.07) is 0. The molecule has 3 heterocycles. The van der Waals surface area contributed by atoms with Gasteiger partial charge < -0.3 is 64.5 Å². The highest BCUT2D eigenvalue weighted by molar-refractivity contribution is 5.33. The van der Waals surface area contributed by atoms with Gasteiger partial charge in [0.1, 0.15) is 42.7 Å². The van der Waals surface area contributed by atoms with E-state index in [2.05, 4.69) is 34.6 Å². The van der Waals surface area contributed by atoms with Crippen LogP contribution in [0.5, 0.6) is 0 Å². The third kappa shape index (κ3) is 4.78. The van der Waals surface area contributed by atoms with Gasteiger partial charge in [-0.3, -0.25) is 0 Å². The Bertz CT molecular complexity index is 1300. The molecule has 21 atom stereocenters. The van der Waals surface area contributed by atoms with Gasteiger partial charge in [-0.2, -0.15) is 0 Å². The summed E-state index contributed by atoms with van der Waals surface area (Å²) in [5, 5.41) is 84.4. The summed E-state index contributed by atoms with van der Waals surface area (Å²) in [7, 11) is 0. The molecule has 8 rings (SSSR count). The van der Waals surface area contributed by atoms with Crippen molar-refractivity contribution in [2.45, 2.75) is 166 Å². The average Bonchev–Trinajstić information content (AvgIpc) is 3.67. The molecule has 13 nitrogen and oxygen atoms in total. The van der Waals surface area contributed by atoms with Crippen molar-refractivity contribution in [1.29, 1.82) is 0 Å². The van der Waals surface area contributed by atoms with Gasteiger partial charge in [0.2, 0.25) is 0 Å². The SMILES string of the molecule is CC1CC2C(CC3(C)C4C(O[C@@H]5O[C@H](CO)[C@@H](O)[C@H](O)[C@H]5O)CC5C(C)(C)C(O[C@@H]6OC[C@@H](O)[C@H](O)[C@H]6O)CC[C@]56C[C@]46CC[C@]23C)OC1O. The van der Waals surface area contributed by atoms with Gasteiger partial charge in [0.15, 0.2) is 18.9 Å². The van der Waals surface area contributed by atoms with Crippen LogP contribution in [0.25, 0.3) is 0 Å². The summed E-state index contributed by atoms with van der Waals surface area (Å²) in [4.78, 5) is 0. The topological polar surface area (TPSA) is 208 Å². The van der Waals surface area contributed by atoms with Gasteiger partial charge in [0.25, 0.3) is 0 Å². The van der Waals surface area contributed by atoms with Crippen LogP contribution >= 0.6 is 0 Å². The van der Waals surface area contributed by atoms with E-state index < -0.39 is 79.7 Å². The molecule has 8 aliphatic rings. The van der Waals surface area contributed by atoms with E-state index in [4.69, 9.17) is 23.7 Å². The van der Waals surface area contributed by atoms with Crippen LogP contribution in [0.4, 0.5) is 0 Å². The minimum absolute atomic E-state index is 0.00375. The highest BCUT2D eigenvalue weighted by atomic mass is 16.7. The molecular weight excluding hydrogens is 652 g/mol. The fourth-order valence-electron chi connectivity index (χ4n) is 13.6. The molecular formula is C37H60O13. The van der Waals surface area contributed by atoms with Crippen molar-refractivity contribution in [3.63, 3.8) is 0 Å². The molecule has 8 fully saturated rings. The van der Waals surface area contributed by atoms with Crippen molar-refractivity contribution in [3.05, 3.63) is 0 Å². The van der Waals surface area contributed by atoms with Crippen molar-refractivity contribution in [2.75, 3.05) is 13.2 Å². The molecule has 3 aliphatic heterocycles. The van der Waals surface area contributed by atoms with Crippen LogP contribution in [0.15, 0.2) is 0 Å². The lowest BCUT2D eigenvalue weighted by molar-refractivity contribution is -0.335. The van der Waals surface area contributed by atoms with Gasteiger partial charge in [-0.15, -0.1) is 0 Å². The molecule has 8 N–H and O–H groups in total. The van der Waals surface area contributed by atoms with Gasteiger partial charge >= 0.3 is 0 Å². The average molecular weight is 713 g/mol. The lowest BCUT2D eigenvalue weighted by Crippen LogP contribution is -2.65. The molecule has 0 aromatic rings. The maximum atomic E-state index is 11.2. The maximum Gasteiger partial charge on any atom is 0.186 e. The van der Waals surface area contributed by atoms with E-state index in [1.807, 2.05) is 0 Å². The molecule has 5 aliphatic carbocycles. The summed E-state index contributed by atoms with van der Waals surface area (Å²) < 4.78 is 31.4. The van der Waals surface area contributed by atoms with Crippen LogP contribution < -0.4 is 0 Å². The molecule has 50 heavy (non-hydrogen) atoms. The fourth-order valence-corrected chi connectivity index (χ4v) is 13.6. The quantitative estimate of drug-likeness (QED) is 0.182. The van der Waals surface area contributed by atoms with Crippen LogP contribution in [0.3, 0.4) is 0 Å². The second kappa shape index (κ2) is 12.0. The van der Waals surface area contributed by atoms with Crippen molar-refractivity contribution in [3.8, 4) is 0 Å². The van der Waals surface area contributed by atoms with Crippen molar-refractivity contribution in [1.82, 2.24) is 0 Å². The first-order valence-corrected chi connectivity index (χ1v) is 19.1. The van der Waals surface area contributed by atoms with E-state index in [1.54, 1.807) is 0 Å². The Kier molecular flexibility index (Phi) is 8.74. The summed E-state index contributed by atoms with van der Waals surface area (Å²) >= 11 is 0. The van der Waals surface area contributed by atoms with Crippen LogP contribution in [0.1, 0.15) is 86.0 Å². The van der Waals surface area contributed by atoms with Gasteiger partial charge in [0.05, 0.1) is 31.5 Å². The second-order valence-electron chi connectivity index (χ2n) is 18.8. The summed E-state index contributed by atoms with van der Waals surface area (Å²) in [5.41, 5.74) is -0.840. The number of aliphatic hydroxyl groups is 8. The van der Waals surface area contributed by atoms with Crippen LogP contribution in [0, 0.1) is 50.7 Å². The first-order chi connectivity index (χ1) is 23.5. The van der Waals surface area contributed by atoms with Crippen molar-refractivity contribution < 1.29 is 64.5 Å². The predicted molar refractivity (Wildman–Crippen MR) is 174 cm³/mol. The third-order valence-corrected chi connectivity index (χ3v) is 16.5. The molecule has 2 spiro atoms. The minimum atomic E-state index is -1.55. The fraction of sp³-hybridized carbons (Fsp3) is 1.00. The Morgan fingerprint density at radius 1 is 0.740 bits per heavy atom. The Morgan fingerprint density at radius 3 is 2.18 bits per heavy atom. The van der Waals surface area contributed by atoms with Gasteiger partial charge in [-0.05, 0) is 96.2 Å². The normalized spacial score (nSPS) is 61.3. The highest BCUT2D eigenvalue weighted by Crippen LogP contribution is 2.89. The second-order valence-corrected chi connectivity index (χ2v) is 18.8. The molecule has 0 aromatic heterocycles. The predicted octanol–water partition coefficient (Wildman–Crippen LogP) is 0.398. The zero-order chi connectivity index (χ0) is 35.9. The van der Waals surface area contributed by atoms with Crippen LogP contribution in [-0.4, -0.2) is 134 Å². The lowest BCUT2D eigenvalue weighted by atomic mass is 9.41. The van der Waals surface area contributed by atoms with E-state index in [-0.39, 0.29) is 64.1 Å². The maximum absolute atomic E-state index is 11.2. The number of ether oxygens (including phenoxy) is 5. The largest absolute Gasteiger partial charge is 0.394 e. The summed E-state index contributed by atoms with van der Waals surface area (Å²) in [5.74, 6) is 0.459.